The number of methoxy groups -OCH3 is 1. The molecular formula is C26H31F4N5O2. The fourth-order valence-electron chi connectivity index (χ4n) is 4.18. The number of anilines is 2. The Labute approximate surface area is 213 Å². The maximum atomic E-state index is 14.0. The summed E-state index contributed by atoms with van der Waals surface area (Å²) in [5.74, 6) is 1.84. The molecule has 1 aromatic heterocycles. The Balaban J connectivity index is 1.58. The lowest BCUT2D eigenvalue weighted by molar-refractivity contribution is -0.137. The van der Waals surface area contributed by atoms with E-state index in [-0.39, 0.29) is 5.69 Å². The number of aryl methyl sites for hydroxylation is 1. The van der Waals surface area contributed by atoms with E-state index in [1.807, 2.05) is 11.9 Å². The summed E-state index contributed by atoms with van der Waals surface area (Å²) in [6, 6.07) is 6.40. The van der Waals surface area contributed by atoms with Crippen LogP contribution in [0, 0.1) is 6.92 Å². The van der Waals surface area contributed by atoms with E-state index in [0.29, 0.717) is 72.1 Å². The minimum atomic E-state index is -4.51. The van der Waals surface area contributed by atoms with Crippen LogP contribution in [0.5, 0.6) is 11.5 Å². The molecule has 0 saturated heterocycles. The van der Waals surface area contributed by atoms with Crippen LogP contribution in [0.4, 0.5) is 29.1 Å². The van der Waals surface area contributed by atoms with Gasteiger partial charge in [0.2, 0.25) is 0 Å². The van der Waals surface area contributed by atoms with Gasteiger partial charge in [0.15, 0.2) is 11.5 Å². The summed E-state index contributed by atoms with van der Waals surface area (Å²) in [5, 5.41) is 3.81. The van der Waals surface area contributed by atoms with E-state index in [1.165, 1.54) is 13.2 Å². The number of fused-ring (bicyclic) bond motifs is 1. The molecule has 1 aliphatic carbocycles. The molecule has 1 aliphatic rings. The molecule has 1 heterocycles. The molecule has 1 unspecified atom stereocenters. The molecule has 4 rings (SSSR count). The van der Waals surface area contributed by atoms with Crippen molar-refractivity contribution in [2.75, 3.05) is 44.9 Å². The normalized spacial score (nSPS) is 15.6. The Bertz CT molecular complexity index is 1280. The van der Waals surface area contributed by atoms with Crippen molar-refractivity contribution in [1.29, 1.82) is 0 Å². The molecule has 0 bridgehead atoms. The summed E-state index contributed by atoms with van der Waals surface area (Å²) in [6.45, 7) is 4.65. The van der Waals surface area contributed by atoms with Crippen molar-refractivity contribution in [2.24, 2.45) is 0 Å². The van der Waals surface area contributed by atoms with Gasteiger partial charge in [-0.1, -0.05) is 0 Å². The first kappa shape index (κ1) is 26.7. The number of aromatic nitrogens is 2. The smallest absolute Gasteiger partial charge is 0.416 e. The van der Waals surface area contributed by atoms with E-state index >= 15 is 0 Å². The van der Waals surface area contributed by atoms with Gasteiger partial charge in [-0.2, -0.15) is 13.2 Å². The highest BCUT2D eigenvalue weighted by molar-refractivity contribution is 5.92. The third kappa shape index (κ3) is 6.51. The lowest BCUT2D eigenvalue weighted by Crippen LogP contribution is -2.31. The predicted molar refractivity (Wildman–Crippen MR) is 135 cm³/mol. The number of nitrogen functional groups attached to an aromatic ring is 1. The fraction of sp³-hybridized carbons (Fsp3) is 0.462. The van der Waals surface area contributed by atoms with Crippen LogP contribution in [-0.2, 0) is 6.18 Å². The third-order valence-electron chi connectivity index (χ3n) is 6.33. The zero-order valence-corrected chi connectivity index (χ0v) is 21.2. The third-order valence-corrected chi connectivity index (χ3v) is 6.33. The summed E-state index contributed by atoms with van der Waals surface area (Å²) >= 11 is 0. The van der Waals surface area contributed by atoms with Gasteiger partial charge in [-0.25, -0.2) is 14.4 Å². The summed E-state index contributed by atoms with van der Waals surface area (Å²) < 4.78 is 65.4. The lowest BCUT2D eigenvalue weighted by atomic mass is 10.0. The number of nitrogens with zero attached hydrogens (tertiary/aromatic N) is 3. The minimum Gasteiger partial charge on any atom is -0.493 e. The number of likely N-dealkylation sites (N-methyl/N-ethyl adjacent to an activating group) is 1. The Morgan fingerprint density at radius 3 is 2.51 bits per heavy atom. The standard InChI is InChI=1S/C26H31F4N5O2/c1-15(17-9-18(26(28,29)30)11-19(31)10-17)32-24-20-12-23(22(36-4)13-21(20)33-16(2)34-24)37-8-7-35(3)14-25(27)5-6-25/h9-13,15H,5-8,14,31H2,1-4H3,(H,32,33,34). The van der Waals surface area contributed by atoms with Gasteiger partial charge in [0.25, 0.3) is 0 Å². The summed E-state index contributed by atoms with van der Waals surface area (Å²) in [7, 11) is 3.37. The number of hydrogen-bond acceptors (Lipinski definition) is 7. The van der Waals surface area contributed by atoms with Crippen LogP contribution in [0.3, 0.4) is 0 Å². The van der Waals surface area contributed by atoms with E-state index in [0.717, 1.165) is 12.1 Å². The number of halogens is 4. The predicted octanol–water partition coefficient (Wildman–Crippen LogP) is 5.53. The van der Waals surface area contributed by atoms with Crippen molar-refractivity contribution < 1.29 is 27.0 Å². The van der Waals surface area contributed by atoms with Crippen LogP contribution in [-0.4, -0.2) is 54.4 Å². The second kappa shape index (κ2) is 10.2. The monoisotopic (exact) mass is 521 g/mol. The Kier molecular flexibility index (Phi) is 7.36. The molecule has 1 atom stereocenters. The van der Waals surface area contributed by atoms with Crippen molar-refractivity contribution in [3.05, 3.63) is 47.3 Å². The van der Waals surface area contributed by atoms with Crippen LogP contribution in [0.15, 0.2) is 30.3 Å². The second-order valence-electron chi connectivity index (χ2n) is 9.63. The molecule has 2 aromatic carbocycles. The van der Waals surface area contributed by atoms with Crippen molar-refractivity contribution in [1.82, 2.24) is 14.9 Å². The van der Waals surface area contributed by atoms with E-state index in [9.17, 15) is 17.6 Å². The first-order chi connectivity index (χ1) is 17.4. The lowest BCUT2D eigenvalue weighted by Gasteiger charge is -2.21. The zero-order chi connectivity index (χ0) is 27.0. The molecular weight excluding hydrogens is 490 g/mol. The second-order valence-corrected chi connectivity index (χ2v) is 9.63. The molecule has 1 fully saturated rings. The average molecular weight is 522 g/mol. The summed E-state index contributed by atoms with van der Waals surface area (Å²) in [5.41, 5.74) is 4.83. The van der Waals surface area contributed by atoms with Gasteiger partial charge in [-0.05, 0) is 63.6 Å². The number of benzene rings is 2. The highest BCUT2D eigenvalue weighted by Crippen LogP contribution is 2.40. The summed E-state index contributed by atoms with van der Waals surface area (Å²) in [4.78, 5) is 10.9. The molecule has 0 radical (unpaired) electrons. The molecule has 37 heavy (non-hydrogen) atoms. The minimum absolute atomic E-state index is 0.0213. The number of alkyl halides is 4. The van der Waals surface area contributed by atoms with Crippen LogP contribution >= 0.6 is 0 Å². The number of ether oxygens (including phenoxy) is 2. The molecule has 0 spiro atoms. The Hall–Kier alpha value is -3.34. The van der Waals surface area contributed by atoms with Gasteiger partial charge >= 0.3 is 6.18 Å². The molecule has 200 valence electrons. The number of rotatable bonds is 10. The van der Waals surface area contributed by atoms with Gasteiger partial charge < -0.3 is 20.5 Å². The van der Waals surface area contributed by atoms with Crippen LogP contribution < -0.4 is 20.5 Å². The molecule has 11 heteroatoms. The van der Waals surface area contributed by atoms with Gasteiger partial charge in [-0.15, -0.1) is 0 Å². The van der Waals surface area contributed by atoms with E-state index in [2.05, 4.69) is 15.3 Å². The number of hydrogen-bond donors (Lipinski definition) is 2. The average Bonchev–Trinajstić information content (AvgIpc) is 3.53. The van der Waals surface area contributed by atoms with E-state index in [1.54, 1.807) is 26.0 Å². The van der Waals surface area contributed by atoms with Crippen LogP contribution in [0.1, 0.15) is 42.8 Å². The van der Waals surface area contributed by atoms with E-state index in [4.69, 9.17) is 15.2 Å². The quantitative estimate of drug-likeness (QED) is 0.268. The van der Waals surface area contributed by atoms with Crippen LogP contribution in [0.25, 0.3) is 10.9 Å². The fourth-order valence-corrected chi connectivity index (χ4v) is 4.18. The topological polar surface area (TPSA) is 85.5 Å². The van der Waals surface area contributed by atoms with Crippen molar-refractivity contribution >= 4 is 22.4 Å². The number of nitrogens with one attached hydrogen (secondary N) is 1. The molecule has 1 saturated carbocycles. The highest BCUT2D eigenvalue weighted by atomic mass is 19.4. The van der Waals surface area contributed by atoms with Crippen molar-refractivity contribution in [2.45, 2.75) is 44.6 Å². The zero-order valence-electron chi connectivity index (χ0n) is 21.2. The van der Waals surface area contributed by atoms with E-state index < -0.39 is 23.5 Å². The summed E-state index contributed by atoms with van der Waals surface area (Å²) in [6.07, 6.45) is -3.32. The SMILES string of the molecule is COc1cc2nc(C)nc(NC(C)c3cc(N)cc(C(F)(F)F)c3)c2cc1OCCN(C)CC1(F)CC1. The van der Waals surface area contributed by atoms with Crippen molar-refractivity contribution in [3.63, 3.8) is 0 Å². The molecule has 3 N–H and O–H groups in total. The molecule has 0 aliphatic heterocycles. The Morgan fingerprint density at radius 2 is 1.86 bits per heavy atom. The maximum absolute atomic E-state index is 14.0. The van der Waals surface area contributed by atoms with Crippen molar-refractivity contribution in [3.8, 4) is 11.5 Å². The largest absolute Gasteiger partial charge is 0.493 e. The van der Waals surface area contributed by atoms with Crippen LogP contribution in [0.2, 0.25) is 0 Å². The first-order valence-electron chi connectivity index (χ1n) is 12.0. The molecule has 0 amide bonds. The molecule has 3 aromatic rings. The number of nitrogens with two attached hydrogens (primary N) is 1. The van der Waals surface area contributed by atoms with Gasteiger partial charge in [-0.3, -0.25) is 4.90 Å². The first-order valence-corrected chi connectivity index (χ1v) is 12.0. The van der Waals surface area contributed by atoms with Gasteiger partial charge in [0.05, 0.1) is 24.2 Å². The van der Waals surface area contributed by atoms with Gasteiger partial charge in [0, 0.05) is 30.2 Å². The Morgan fingerprint density at radius 1 is 1.14 bits per heavy atom. The molecule has 7 nitrogen and oxygen atoms in total. The maximum Gasteiger partial charge on any atom is 0.416 e. The van der Waals surface area contributed by atoms with Gasteiger partial charge in [0.1, 0.15) is 23.9 Å². The highest BCUT2D eigenvalue weighted by Gasteiger charge is 2.43.